The average molecular weight is 454 g/mol. The van der Waals surface area contributed by atoms with E-state index < -0.39 is 72.1 Å². The fraction of sp³-hybridized carbons (Fsp3) is 1.00. The van der Waals surface area contributed by atoms with Crippen molar-refractivity contribution in [1.29, 1.82) is 0 Å². The first-order valence-electron chi connectivity index (χ1n) is 6.77. The van der Waals surface area contributed by atoms with Gasteiger partial charge in [0.2, 0.25) is 0 Å². The molecule has 0 unspecified atom stereocenters. The number of hydrogen-bond acceptors (Lipinski definition) is 0. The smallest absolute Gasteiger partial charge is 0.199 e. The highest BCUT2D eigenvalue weighted by atomic mass is 19.4. The van der Waals surface area contributed by atoms with Gasteiger partial charge in [-0.15, -0.1) is 0 Å². The predicted octanol–water partition coefficient (Wildman–Crippen LogP) is 6.11. The van der Waals surface area contributed by atoms with Crippen molar-refractivity contribution < 1.29 is 70.2 Å². The molecule has 2 rings (SSSR count). The standard InChI is InChI=1S/C12H6F16/c1-3-4(2,7(17,18)11(25,26)9(21,22)5(3,13)14)8(19,20)12(27,28)10(23,24)6(3,15)16/h1-2H3. The quantitative estimate of drug-likeness (QED) is 0.388. The van der Waals surface area contributed by atoms with E-state index in [0.717, 1.165) is 0 Å². The summed E-state index contributed by atoms with van der Waals surface area (Å²) >= 11 is 0. The summed E-state index contributed by atoms with van der Waals surface area (Å²) in [5.74, 6) is -60.2. The van der Waals surface area contributed by atoms with Crippen molar-refractivity contribution in [2.24, 2.45) is 10.8 Å². The molecular formula is C12H6F16. The molecule has 0 aromatic rings. The van der Waals surface area contributed by atoms with Gasteiger partial charge in [0.1, 0.15) is 10.8 Å². The van der Waals surface area contributed by atoms with Crippen molar-refractivity contribution in [2.75, 3.05) is 0 Å². The van der Waals surface area contributed by atoms with Crippen molar-refractivity contribution in [3.05, 3.63) is 0 Å². The van der Waals surface area contributed by atoms with Gasteiger partial charge in [-0.3, -0.25) is 0 Å². The van der Waals surface area contributed by atoms with Crippen LogP contribution in [-0.2, 0) is 0 Å². The fourth-order valence-corrected chi connectivity index (χ4v) is 3.69. The molecular weight excluding hydrogens is 448 g/mol. The molecule has 0 bridgehead atoms. The third-order valence-electron chi connectivity index (χ3n) is 5.88. The Bertz CT molecular complexity index is 588. The molecule has 0 heterocycles. The number of rotatable bonds is 0. The summed E-state index contributed by atoms with van der Waals surface area (Å²) in [6.07, 6.45) is 0. The third-order valence-corrected chi connectivity index (χ3v) is 5.88. The molecule has 0 amide bonds. The van der Waals surface area contributed by atoms with Crippen LogP contribution in [0.3, 0.4) is 0 Å². The lowest BCUT2D eigenvalue weighted by atomic mass is 9.42. The van der Waals surface area contributed by atoms with Crippen molar-refractivity contribution >= 4 is 0 Å². The van der Waals surface area contributed by atoms with Crippen LogP contribution >= 0.6 is 0 Å². The van der Waals surface area contributed by atoms with Gasteiger partial charge in [0, 0.05) is 0 Å². The molecule has 166 valence electrons. The summed E-state index contributed by atoms with van der Waals surface area (Å²) in [7, 11) is 0. The minimum absolute atomic E-state index is 1.40. The van der Waals surface area contributed by atoms with E-state index in [1.54, 1.807) is 0 Å². The highest BCUT2D eigenvalue weighted by Crippen LogP contribution is 2.85. The second-order valence-corrected chi connectivity index (χ2v) is 6.85. The first-order chi connectivity index (χ1) is 11.8. The number of halogens is 16. The van der Waals surface area contributed by atoms with Crippen molar-refractivity contribution in [2.45, 2.75) is 61.2 Å². The van der Waals surface area contributed by atoms with E-state index >= 15 is 0 Å². The molecule has 0 N–H and O–H groups in total. The molecule has 0 nitrogen and oxygen atoms in total. The maximum Gasteiger partial charge on any atom is 0.379 e. The minimum Gasteiger partial charge on any atom is -0.199 e. The molecule has 0 aromatic heterocycles. The van der Waals surface area contributed by atoms with Crippen molar-refractivity contribution in [3.63, 3.8) is 0 Å². The van der Waals surface area contributed by atoms with E-state index in [1.807, 2.05) is 0 Å². The van der Waals surface area contributed by atoms with Crippen LogP contribution in [0.15, 0.2) is 0 Å². The summed E-state index contributed by atoms with van der Waals surface area (Å²) in [4.78, 5) is 0. The van der Waals surface area contributed by atoms with E-state index in [-0.39, 0.29) is 0 Å². The fourth-order valence-electron chi connectivity index (χ4n) is 3.69. The topological polar surface area (TPSA) is 0 Å². The van der Waals surface area contributed by atoms with E-state index in [4.69, 9.17) is 0 Å². The van der Waals surface area contributed by atoms with Gasteiger partial charge in [-0.1, -0.05) is 0 Å². The van der Waals surface area contributed by atoms with Gasteiger partial charge in [0.15, 0.2) is 0 Å². The van der Waals surface area contributed by atoms with Crippen LogP contribution in [0, 0.1) is 10.8 Å². The van der Waals surface area contributed by atoms with Crippen LogP contribution < -0.4 is 0 Å². The van der Waals surface area contributed by atoms with Crippen LogP contribution in [0.5, 0.6) is 0 Å². The van der Waals surface area contributed by atoms with Gasteiger partial charge >= 0.3 is 47.4 Å². The highest BCUT2D eigenvalue weighted by molar-refractivity contribution is 5.36. The first-order valence-corrected chi connectivity index (χ1v) is 6.77. The van der Waals surface area contributed by atoms with E-state index in [9.17, 15) is 70.2 Å². The van der Waals surface area contributed by atoms with Gasteiger partial charge in [-0.2, -0.15) is 70.2 Å². The molecule has 16 heteroatoms. The third kappa shape index (κ3) is 1.48. The average Bonchev–Trinajstić information content (AvgIpc) is 2.49. The lowest BCUT2D eigenvalue weighted by Gasteiger charge is -2.68. The molecule has 0 spiro atoms. The Hall–Kier alpha value is -1.12. The molecule has 0 aliphatic heterocycles. The van der Waals surface area contributed by atoms with Gasteiger partial charge in [0.05, 0.1) is 0 Å². The van der Waals surface area contributed by atoms with Crippen LogP contribution in [0.25, 0.3) is 0 Å². The Balaban J connectivity index is 3.23. The van der Waals surface area contributed by atoms with Gasteiger partial charge in [-0.25, -0.2) is 0 Å². The summed E-state index contributed by atoms with van der Waals surface area (Å²) in [5, 5.41) is 0. The minimum atomic E-state index is -7.61. The maximum atomic E-state index is 14.1. The highest BCUT2D eigenvalue weighted by Gasteiger charge is 3.10. The lowest BCUT2D eigenvalue weighted by Crippen LogP contribution is -2.93. The second kappa shape index (κ2) is 4.62. The van der Waals surface area contributed by atoms with E-state index in [1.165, 1.54) is 0 Å². The molecule has 28 heavy (non-hydrogen) atoms. The second-order valence-electron chi connectivity index (χ2n) is 6.85. The Morgan fingerprint density at radius 3 is 0.464 bits per heavy atom. The number of alkyl halides is 16. The molecule has 0 radical (unpaired) electrons. The van der Waals surface area contributed by atoms with Crippen LogP contribution in [-0.4, -0.2) is 47.4 Å². The van der Waals surface area contributed by atoms with Crippen LogP contribution in [0.1, 0.15) is 13.8 Å². The molecule has 2 aliphatic carbocycles. The number of fused-ring (bicyclic) bond motifs is 1. The van der Waals surface area contributed by atoms with E-state index in [0.29, 0.717) is 0 Å². The lowest BCUT2D eigenvalue weighted by molar-refractivity contribution is -0.564. The molecule has 2 fully saturated rings. The Morgan fingerprint density at radius 1 is 0.250 bits per heavy atom. The van der Waals surface area contributed by atoms with Gasteiger partial charge in [0.25, 0.3) is 0 Å². The molecule has 0 saturated heterocycles. The van der Waals surface area contributed by atoms with Gasteiger partial charge < -0.3 is 0 Å². The normalized spacial score (nSPS) is 43.1. The zero-order chi connectivity index (χ0) is 23.0. The summed E-state index contributed by atoms with van der Waals surface area (Å²) in [5.41, 5.74) is -13.0. The first kappa shape index (κ1) is 23.2. The zero-order valence-electron chi connectivity index (χ0n) is 13.0. The Labute approximate surface area is 143 Å². The molecule has 0 atom stereocenters. The predicted molar refractivity (Wildman–Crippen MR) is 55.8 cm³/mol. The van der Waals surface area contributed by atoms with E-state index in [2.05, 4.69) is 0 Å². The molecule has 2 aliphatic rings. The maximum absolute atomic E-state index is 14.1. The zero-order valence-corrected chi connectivity index (χ0v) is 13.0. The Morgan fingerprint density at radius 2 is 0.357 bits per heavy atom. The van der Waals surface area contributed by atoms with Crippen LogP contribution in [0.2, 0.25) is 0 Å². The van der Waals surface area contributed by atoms with Crippen LogP contribution in [0.4, 0.5) is 70.2 Å². The van der Waals surface area contributed by atoms with Crippen molar-refractivity contribution in [1.82, 2.24) is 0 Å². The van der Waals surface area contributed by atoms with Crippen molar-refractivity contribution in [3.8, 4) is 0 Å². The largest absolute Gasteiger partial charge is 0.379 e. The molecule has 2 saturated carbocycles. The summed E-state index contributed by atoms with van der Waals surface area (Å²) in [6.45, 7) is -2.80. The summed E-state index contributed by atoms with van der Waals surface area (Å²) in [6, 6.07) is 0. The monoisotopic (exact) mass is 454 g/mol. The van der Waals surface area contributed by atoms with Gasteiger partial charge in [-0.05, 0) is 13.8 Å². The molecule has 0 aromatic carbocycles. The Kier molecular flexibility index (Phi) is 3.82. The number of hydrogen-bond donors (Lipinski definition) is 0. The SMILES string of the molecule is CC12C(F)(F)C(F)(F)C(F)(F)C(F)(F)C1(C)C(F)(F)C(F)(F)C(F)(F)C2(F)F. The summed E-state index contributed by atoms with van der Waals surface area (Å²) < 4.78 is 220.